The molecule has 2 aromatic heterocycles. The van der Waals surface area contributed by atoms with Crippen LogP contribution < -0.4 is 5.32 Å². The summed E-state index contributed by atoms with van der Waals surface area (Å²) in [4.78, 5) is 1.15. The molecule has 3 rings (SSSR count). The van der Waals surface area contributed by atoms with Gasteiger partial charge in [0.05, 0.1) is 0 Å². The lowest BCUT2D eigenvalue weighted by atomic mass is 10.0. The Balaban J connectivity index is 1.90. The first-order valence-electron chi connectivity index (χ1n) is 6.25. The maximum Gasteiger partial charge on any atom is 0.126 e. The van der Waals surface area contributed by atoms with Crippen LogP contribution in [0.15, 0.2) is 35.7 Å². The van der Waals surface area contributed by atoms with Gasteiger partial charge in [-0.1, -0.05) is 0 Å². The lowest BCUT2D eigenvalue weighted by Gasteiger charge is -2.15. The molecule has 0 aliphatic rings. The molecule has 0 bridgehead atoms. The summed E-state index contributed by atoms with van der Waals surface area (Å²) in [7, 11) is 1.84. The van der Waals surface area contributed by atoms with Crippen molar-refractivity contribution in [1.82, 2.24) is 5.32 Å². The summed E-state index contributed by atoms with van der Waals surface area (Å²) in [5.74, 6) is -0.756. The molecule has 1 unspecified atom stereocenters. The molecule has 0 amide bonds. The highest BCUT2D eigenvalue weighted by Crippen LogP contribution is 2.34. The van der Waals surface area contributed by atoms with Crippen LogP contribution in [0.5, 0.6) is 0 Å². The Morgan fingerprint density at radius 2 is 2.00 bits per heavy atom. The number of likely N-dealkylation sites (N-methyl/N-ethyl adjacent to an activating group) is 1. The number of halogens is 2. The zero-order chi connectivity index (χ0) is 14.1. The van der Waals surface area contributed by atoms with E-state index in [0.29, 0.717) is 12.0 Å². The predicted molar refractivity (Wildman–Crippen MR) is 81.6 cm³/mol. The van der Waals surface area contributed by atoms with Crippen molar-refractivity contribution >= 4 is 32.1 Å². The Kier molecular flexibility index (Phi) is 3.83. The van der Waals surface area contributed by atoms with Crippen LogP contribution in [0.2, 0.25) is 0 Å². The average molecular weight is 309 g/mol. The number of hydrogen-bond acceptors (Lipinski definition) is 3. The molecule has 20 heavy (non-hydrogen) atoms. The molecule has 0 fully saturated rings. The molecule has 0 saturated heterocycles. The van der Waals surface area contributed by atoms with Gasteiger partial charge in [-0.15, -0.1) is 22.7 Å². The second kappa shape index (κ2) is 5.60. The van der Waals surface area contributed by atoms with Gasteiger partial charge in [0.1, 0.15) is 11.6 Å². The number of rotatable bonds is 4. The Labute approximate surface area is 123 Å². The molecule has 0 radical (unpaired) electrons. The third kappa shape index (κ3) is 2.61. The zero-order valence-corrected chi connectivity index (χ0v) is 12.5. The topological polar surface area (TPSA) is 12.0 Å². The van der Waals surface area contributed by atoms with E-state index >= 15 is 0 Å². The van der Waals surface area contributed by atoms with Gasteiger partial charge in [0.15, 0.2) is 0 Å². The summed E-state index contributed by atoms with van der Waals surface area (Å²) in [6.45, 7) is 0. The molecule has 2 heterocycles. The Morgan fingerprint density at radius 3 is 2.75 bits per heavy atom. The molecular formula is C15H13F2NS2. The number of nitrogens with one attached hydrogen (secondary N) is 1. The molecule has 0 aliphatic heterocycles. The Bertz CT molecular complexity index is 704. The summed E-state index contributed by atoms with van der Waals surface area (Å²) in [5.41, 5.74) is 0.404. The number of hydrogen-bond donors (Lipinski definition) is 1. The first kappa shape index (κ1) is 13.7. The number of thiophene rings is 2. The lowest BCUT2D eigenvalue weighted by molar-refractivity contribution is 0.548. The van der Waals surface area contributed by atoms with Crippen molar-refractivity contribution in [3.8, 4) is 0 Å². The molecule has 104 valence electrons. The Hall–Kier alpha value is -1.30. The third-order valence-corrected chi connectivity index (χ3v) is 5.49. The van der Waals surface area contributed by atoms with E-state index in [-0.39, 0.29) is 11.9 Å². The van der Waals surface area contributed by atoms with E-state index in [4.69, 9.17) is 0 Å². The van der Waals surface area contributed by atoms with Crippen LogP contribution in [0.25, 0.3) is 9.40 Å². The fraction of sp³-hybridized carbons (Fsp3) is 0.200. The summed E-state index contributed by atoms with van der Waals surface area (Å²) >= 11 is 3.39. The van der Waals surface area contributed by atoms with Crippen LogP contribution in [0.1, 0.15) is 16.5 Å². The van der Waals surface area contributed by atoms with Gasteiger partial charge in [0, 0.05) is 20.3 Å². The minimum absolute atomic E-state index is 0.00380. The fourth-order valence-electron chi connectivity index (χ4n) is 2.22. The molecule has 0 aliphatic carbocycles. The largest absolute Gasteiger partial charge is 0.312 e. The van der Waals surface area contributed by atoms with E-state index in [0.717, 1.165) is 10.9 Å². The predicted octanol–water partition coefficient (Wildman–Crippen LogP) is 4.74. The first-order valence-corrected chi connectivity index (χ1v) is 7.95. The zero-order valence-electron chi connectivity index (χ0n) is 10.8. The maximum absolute atomic E-state index is 13.7. The summed E-state index contributed by atoms with van der Waals surface area (Å²) in [6, 6.07) is 7.82. The lowest BCUT2D eigenvalue weighted by Crippen LogP contribution is -2.18. The number of benzene rings is 1. The van der Waals surface area contributed by atoms with E-state index in [2.05, 4.69) is 22.8 Å². The van der Waals surface area contributed by atoms with Crippen LogP contribution in [-0.2, 0) is 6.42 Å². The second-order valence-electron chi connectivity index (χ2n) is 4.58. The highest BCUT2D eigenvalue weighted by molar-refractivity contribution is 7.26. The van der Waals surface area contributed by atoms with Gasteiger partial charge < -0.3 is 5.32 Å². The minimum atomic E-state index is -0.400. The molecule has 0 spiro atoms. The third-order valence-electron chi connectivity index (χ3n) is 3.28. The SMILES string of the molecule is CNC(Cc1cc(F)ccc1F)c1cc2sccc2s1. The van der Waals surface area contributed by atoms with Crippen molar-refractivity contribution in [2.75, 3.05) is 7.05 Å². The first-order chi connectivity index (χ1) is 9.67. The molecule has 1 nitrogen and oxygen atoms in total. The molecule has 5 heteroatoms. The standard InChI is InChI=1S/C15H13F2NS2/c1-18-12(7-9-6-10(16)2-3-11(9)17)14-8-15-13(20-14)4-5-19-15/h2-6,8,12,18H,7H2,1H3. The van der Waals surface area contributed by atoms with Gasteiger partial charge in [-0.05, 0) is 54.7 Å². The summed E-state index contributed by atoms with van der Waals surface area (Å²) < 4.78 is 29.5. The maximum atomic E-state index is 13.7. The van der Waals surface area contributed by atoms with Crippen molar-refractivity contribution in [3.63, 3.8) is 0 Å². The van der Waals surface area contributed by atoms with Gasteiger partial charge in [-0.3, -0.25) is 0 Å². The minimum Gasteiger partial charge on any atom is -0.312 e. The molecule has 1 N–H and O–H groups in total. The molecule has 1 aromatic carbocycles. The van der Waals surface area contributed by atoms with Crippen LogP contribution in [0.4, 0.5) is 8.78 Å². The summed E-state index contributed by atoms with van der Waals surface area (Å²) in [6.07, 6.45) is 0.438. The van der Waals surface area contributed by atoms with E-state index in [1.54, 1.807) is 22.7 Å². The fourth-order valence-corrected chi connectivity index (χ4v) is 4.45. The van der Waals surface area contributed by atoms with Gasteiger partial charge in [-0.25, -0.2) is 8.78 Å². The quantitative estimate of drug-likeness (QED) is 0.733. The molecule has 0 saturated carbocycles. The van der Waals surface area contributed by atoms with E-state index in [1.165, 1.54) is 21.5 Å². The molecular weight excluding hydrogens is 296 g/mol. The van der Waals surface area contributed by atoms with Gasteiger partial charge in [0.25, 0.3) is 0 Å². The van der Waals surface area contributed by atoms with E-state index in [1.807, 2.05) is 7.05 Å². The highest BCUT2D eigenvalue weighted by atomic mass is 32.1. The molecule has 3 aromatic rings. The average Bonchev–Trinajstić information content (AvgIpc) is 3.00. The van der Waals surface area contributed by atoms with Crippen LogP contribution in [0.3, 0.4) is 0 Å². The van der Waals surface area contributed by atoms with Crippen molar-refractivity contribution in [2.45, 2.75) is 12.5 Å². The second-order valence-corrected chi connectivity index (χ2v) is 6.64. The van der Waals surface area contributed by atoms with Crippen molar-refractivity contribution in [2.24, 2.45) is 0 Å². The van der Waals surface area contributed by atoms with Gasteiger partial charge in [0.2, 0.25) is 0 Å². The highest BCUT2D eigenvalue weighted by Gasteiger charge is 2.16. The van der Waals surface area contributed by atoms with Crippen molar-refractivity contribution in [1.29, 1.82) is 0 Å². The van der Waals surface area contributed by atoms with Gasteiger partial charge >= 0.3 is 0 Å². The number of fused-ring (bicyclic) bond motifs is 1. The summed E-state index contributed by atoms with van der Waals surface area (Å²) in [5, 5.41) is 5.25. The van der Waals surface area contributed by atoms with Crippen LogP contribution in [-0.4, -0.2) is 7.05 Å². The van der Waals surface area contributed by atoms with E-state index < -0.39 is 5.82 Å². The van der Waals surface area contributed by atoms with Crippen LogP contribution in [0, 0.1) is 11.6 Å². The van der Waals surface area contributed by atoms with E-state index in [9.17, 15) is 8.78 Å². The Morgan fingerprint density at radius 1 is 1.15 bits per heavy atom. The molecule has 1 atom stereocenters. The van der Waals surface area contributed by atoms with Crippen molar-refractivity contribution in [3.05, 3.63) is 57.8 Å². The smallest absolute Gasteiger partial charge is 0.126 e. The van der Waals surface area contributed by atoms with Crippen LogP contribution >= 0.6 is 22.7 Å². The van der Waals surface area contributed by atoms with Gasteiger partial charge in [-0.2, -0.15) is 0 Å². The normalized spacial score (nSPS) is 12.9. The monoisotopic (exact) mass is 309 g/mol. The van der Waals surface area contributed by atoms with Crippen molar-refractivity contribution < 1.29 is 8.78 Å².